The van der Waals surface area contributed by atoms with Gasteiger partial charge in [0.2, 0.25) is 0 Å². The third kappa shape index (κ3) is 3.27. The monoisotopic (exact) mass is 317 g/mol. The van der Waals surface area contributed by atoms with Crippen molar-refractivity contribution in [1.29, 1.82) is 0 Å². The molecule has 0 spiro atoms. The van der Waals surface area contributed by atoms with Crippen molar-refractivity contribution in [2.75, 3.05) is 0 Å². The highest BCUT2D eigenvalue weighted by atomic mass is 32.2. The average Bonchev–Trinajstić information content (AvgIpc) is 2.82. The number of benzene rings is 1. The largest absolute Gasteiger partial charge is 0.417 e. The molecular weight excluding hydrogens is 307 g/mol. The zero-order chi connectivity index (χ0) is 15.6. The maximum atomic E-state index is 12.9. The molecule has 0 saturated carbocycles. The highest BCUT2D eigenvalue weighted by molar-refractivity contribution is 7.99. The van der Waals surface area contributed by atoms with Crippen molar-refractivity contribution in [3.63, 3.8) is 0 Å². The Hall–Kier alpha value is -2.23. The predicted octanol–water partition coefficient (Wildman–Crippen LogP) is 2.08. The average molecular weight is 317 g/mol. The van der Waals surface area contributed by atoms with Crippen molar-refractivity contribution in [3.05, 3.63) is 35.7 Å². The second kappa shape index (κ2) is 5.64. The SMILES string of the molecule is Cn1ncnc1Sc1ccc(C(F)(F)F)c(/C(N)=N/O)c1. The molecule has 0 saturated heterocycles. The Balaban J connectivity index is 2.45. The van der Waals surface area contributed by atoms with E-state index in [1.165, 1.54) is 23.1 Å². The summed E-state index contributed by atoms with van der Waals surface area (Å²) >= 11 is 1.11. The van der Waals surface area contributed by atoms with Crippen LogP contribution in [-0.2, 0) is 13.2 Å². The van der Waals surface area contributed by atoms with Gasteiger partial charge in [-0.15, -0.1) is 0 Å². The molecule has 6 nitrogen and oxygen atoms in total. The van der Waals surface area contributed by atoms with Crippen molar-refractivity contribution >= 4 is 17.6 Å². The van der Waals surface area contributed by atoms with Gasteiger partial charge in [0.05, 0.1) is 5.56 Å². The minimum absolute atomic E-state index is 0.392. The van der Waals surface area contributed by atoms with E-state index in [0.717, 1.165) is 17.8 Å². The minimum Gasteiger partial charge on any atom is -0.409 e. The van der Waals surface area contributed by atoms with Gasteiger partial charge in [-0.05, 0) is 18.2 Å². The van der Waals surface area contributed by atoms with Crippen LogP contribution in [0.15, 0.2) is 39.7 Å². The van der Waals surface area contributed by atoms with Gasteiger partial charge < -0.3 is 10.9 Å². The molecule has 112 valence electrons. The van der Waals surface area contributed by atoms with Crippen LogP contribution in [0.5, 0.6) is 0 Å². The molecule has 0 unspecified atom stereocenters. The number of nitrogens with zero attached hydrogens (tertiary/aromatic N) is 4. The van der Waals surface area contributed by atoms with Crippen LogP contribution >= 0.6 is 11.8 Å². The molecule has 0 radical (unpaired) electrons. The predicted molar refractivity (Wildman–Crippen MR) is 69.1 cm³/mol. The van der Waals surface area contributed by atoms with Gasteiger partial charge in [-0.2, -0.15) is 18.3 Å². The van der Waals surface area contributed by atoms with E-state index in [1.807, 2.05) is 0 Å². The lowest BCUT2D eigenvalue weighted by molar-refractivity contribution is -0.137. The highest BCUT2D eigenvalue weighted by Gasteiger charge is 2.34. The smallest absolute Gasteiger partial charge is 0.409 e. The second-order valence-electron chi connectivity index (χ2n) is 3.96. The van der Waals surface area contributed by atoms with Gasteiger partial charge in [0.25, 0.3) is 0 Å². The standard InChI is InChI=1S/C11H10F3N5OS/c1-19-10(16-5-17-19)21-6-2-3-8(11(12,13)14)7(4-6)9(15)18-20/h2-5,20H,1H3,(H2,15,18). The molecule has 1 aromatic heterocycles. The molecule has 3 N–H and O–H groups in total. The van der Waals surface area contributed by atoms with E-state index in [-0.39, 0.29) is 0 Å². The number of amidine groups is 1. The number of halogens is 3. The number of alkyl halides is 3. The van der Waals surface area contributed by atoms with E-state index in [1.54, 1.807) is 7.05 Å². The fraction of sp³-hybridized carbons (Fsp3) is 0.182. The molecule has 21 heavy (non-hydrogen) atoms. The molecule has 0 amide bonds. The molecule has 1 heterocycles. The number of aryl methyl sites for hydroxylation is 1. The number of aromatic nitrogens is 3. The molecule has 0 fully saturated rings. The highest BCUT2D eigenvalue weighted by Crippen LogP contribution is 2.35. The summed E-state index contributed by atoms with van der Waals surface area (Å²) < 4.78 is 40.2. The molecule has 2 aromatic rings. The summed E-state index contributed by atoms with van der Waals surface area (Å²) in [4.78, 5) is 4.42. The first-order valence-electron chi connectivity index (χ1n) is 5.54. The molecule has 0 bridgehead atoms. The van der Waals surface area contributed by atoms with Crippen LogP contribution in [0.2, 0.25) is 0 Å². The van der Waals surface area contributed by atoms with E-state index < -0.39 is 23.1 Å². The lowest BCUT2D eigenvalue weighted by Gasteiger charge is -2.13. The van der Waals surface area contributed by atoms with Gasteiger partial charge in [-0.1, -0.05) is 16.9 Å². The summed E-state index contributed by atoms with van der Waals surface area (Å²) in [7, 11) is 1.66. The van der Waals surface area contributed by atoms with Crippen molar-refractivity contribution in [2.45, 2.75) is 16.2 Å². The Morgan fingerprint density at radius 3 is 2.67 bits per heavy atom. The molecule has 0 aliphatic heterocycles. The summed E-state index contributed by atoms with van der Waals surface area (Å²) in [6.45, 7) is 0. The van der Waals surface area contributed by atoms with Crippen LogP contribution in [0.3, 0.4) is 0 Å². The van der Waals surface area contributed by atoms with Crippen molar-refractivity contribution in [2.24, 2.45) is 17.9 Å². The summed E-state index contributed by atoms with van der Waals surface area (Å²) in [5, 5.41) is 15.6. The van der Waals surface area contributed by atoms with Crippen molar-refractivity contribution < 1.29 is 18.4 Å². The maximum absolute atomic E-state index is 12.9. The Morgan fingerprint density at radius 2 is 2.14 bits per heavy atom. The van der Waals surface area contributed by atoms with Crippen LogP contribution in [0, 0.1) is 0 Å². The molecule has 10 heteroatoms. The zero-order valence-electron chi connectivity index (χ0n) is 10.7. The zero-order valence-corrected chi connectivity index (χ0v) is 11.5. The summed E-state index contributed by atoms with van der Waals surface area (Å²) in [5.41, 5.74) is 3.96. The van der Waals surface area contributed by atoms with Crippen LogP contribution in [0.4, 0.5) is 13.2 Å². The van der Waals surface area contributed by atoms with Crippen LogP contribution in [0.1, 0.15) is 11.1 Å². The number of oxime groups is 1. The molecular formula is C11H10F3N5OS. The Labute approximate surface area is 121 Å². The van der Waals surface area contributed by atoms with Gasteiger partial charge in [0.15, 0.2) is 11.0 Å². The fourth-order valence-electron chi connectivity index (χ4n) is 1.58. The van der Waals surface area contributed by atoms with Gasteiger partial charge in [-0.3, -0.25) is 0 Å². The fourth-order valence-corrected chi connectivity index (χ4v) is 2.39. The van der Waals surface area contributed by atoms with Crippen LogP contribution in [0.25, 0.3) is 0 Å². The first-order chi connectivity index (χ1) is 9.82. The van der Waals surface area contributed by atoms with E-state index in [9.17, 15) is 13.2 Å². The van der Waals surface area contributed by atoms with E-state index in [4.69, 9.17) is 10.9 Å². The summed E-state index contributed by atoms with van der Waals surface area (Å²) in [5.74, 6) is -0.609. The van der Waals surface area contributed by atoms with Crippen molar-refractivity contribution in [3.8, 4) is 0 Å². The lowest BCUT2D eigenvalue weighted by atomic mass is 10.1. The number of hydrogen-bond acceptors (Lipinski definition) is 5. The van der Waals surface area contributed by atoms with Crippen molar-refractivity contribution in [1.82, 2.24) is 14.8 Å². The van der Waals surface area contributed by atoms with Gasteiger partial charge in [0, 0.05) is 17.5 Å². The topological polar surface area (TPSA) is 89.3 Å². The lowest BCUT2D eigenvalue weighted by Crippen LogP contribution is -2.20. The molecule has 0 aliphatic carbocycles. The molecule has 0 atom stereocenters. The van der Waals surface area contributed by atoms with E-state index >= 15 is 0 Å². The van der Waals surface area contributed by atoms with E-state index in [2.05, 4.69) is 15.2 Å². The quantitative estimate of drug-likeness (QED) is 0.391. The normalized spacial score (nSPS) is 12.7. The number of nitrogens with two attached hydrogens (primary N) is 1. The molecule has 0 aliphatic rings. The van der Waals surface area contributed by atoms with Gasteiger partial charge in [0.1, 0.15) is 6.33 Å². The summed E-state index contributed by atoms with van der Waals surface area (Å²) in [6.07, 6.45) is -3.27. The minimum atomic E-state index is -4.60. The molecule has 2 rings (SSSR count). The van der Waals surface area contributed by atoms with E-state index in [0.29, 0.717) is 10.1 Å². The van der Waals surface area contributed by atoms with Crippen LogP contribution in [-0.4, -0.2) is 25.8 Å². The first kappa shape index (κ1) is 15.2. The van der Waals surface area contributed by atoms with Crippen LogP contribution < -0.4 is 5.73 Å². The van der Waals surface area contributed by atoms with Gasteiger partial charge in [-0.25, -0.2) is 9.67 Å². The Bertz CT molecular complexity index is 683. The second-order valence-corrected chi connectivity index (χ2v) is 5.00. The Kier molecular flexibility index (Phi) is 4.07. The third-order valence-corrected chi connectivity index (χ3v) is 3.60. The summed E-state index contributed by atoms with van der Waals surface area (Å²) in [6, 6.07) is 3.36. The number of hydrogen-bond donors (Lipinski definition) is 2. The maximum Gasteiger partial charge on any atom is 0.417 e. The molecule has 1 aromatic carbocycles. The first-order valence-corrected chi connectivity index (χ1v) is 6.35. The third-order valence-electron chi connectivity index (χ3n) is 2.56. The number of rotatable bonds is 3. The Morgan fingerprint density at radius 1 is 1.43 bits per heavy atom. The van der Waals surface area contributed by atoms with Gasteiger partial charge >= 0.3 is 6.18 Å².